The summed E-state index contributed by atoms with van der Waals surface area (Å²) in [6.45, 7) is 3.01. The smallest absolute Gasteiger partial charge is 0.261 e. The van der Waals surface area contributed by atoms with Crippen molar-refractivity contribution in [2.45, 2.75) is 18.7 Å². The molecule has 0 aliphatic carbocycles. The van der Waals surface area contributed by atoms with Crippen LogP contribution in [0.4, 0.5) is 20.2 Å². The molecule has 1 aliphatic rings. The zero-order valence-electron chi connectivity index (χ0n) is 14.8. The SMILES string of the molecule is CC1(C)CS(=O)(=O)N(c2ccc(S(=O)(=O)Nc3ccc(F)cc3F)cc2)C1=O. The highest BCUT2D eigenvalue weighted by molar-refractivity contribution is 7.94. The summed E-state index contributed by atoms with van der Waals surface area (Å²) in [7, 11) is -8.09. The molecule has 0 atom stereocenters. The van der Waals surface area contributed by atoms with E-state index in [1.54, 1.807) is 0 Å². The van der Waals surface area contributed by atoms with Crippen LogP contribution in [-0.2, 0) is 24.8 Å². The molecule has 150 valence electrons. The summed E-state index contributed by atoms with van der Waals surface area (Å²) < 4.78 is 78.6. The van der Waals surface area contributed by atoms with Gasteiger partial charge in [0, 0.05) is 6.07 Å². The van der Waals surface area contributed by atoms with Gasteiger partial charge in [-0.05, 0) is 50.2 Å². The molecule has 3 rings (SSSR count). The molecule has 2 aromatic carbocycles. The summed E-state index contributed by atoms with van der Waals surface area (Å²) in [6, 6.07) is 6.90. The molecule has 0 spiro atoms. The van der Waals surface area contributed by atoms with Crippen LogP contribution < -0.4 is 9.03 Å². The van der Waals surface area contributed by atoms with Crippen molar-refractivity contribution in [2.24, 2.45) is 5.41 Å². The first kappa shape index (κ1) is 20.2. The molecule has 0 radical (unpaired) electrons. The van der Waals surface area contributed by atoms with Crippen molar-refractivity contribution in [1.29, 1.82) is 0 Å². The van der Waals surface area contributed by atoms with E-state index < -0.39 is 48.7 Å². The van der Waals surface area contributed by atoms with Gasteiger partial charge in [0.15, 0.2) is 0 Å². The van der Waals surface area contributed by atoms with E-state index in [0.717, 1.165) is 24.3 Å². The highest BCUT2D eigenvalue weighted by Gasteiger charge is 2.49. The molecule has 1 aliphatic heterocycles. The Labute approximate surface area is 161 Å². The fraction of sp³-hybridized carbons (Fsp3) is 0.235. The summed E-state index contributed by atoms with van der Waals surface area (Å²) in [5.74, 6) is -2.92. The van der Waals surface area contributed by atoms with Crippen LogP contribution in [0.25, 0.3) is 0 Å². The van der Waals surface area contributed by atoms with Crippen LogP contribution in [0.2, 0.25) is 0 Å². The monoisotopic (exact) mass is 430 g/mol. The maximum atomic E-state index is 13.7. The van der Waals surface area contributed by atoms with E-state index in [0.29, 0.717) is 10.4 Å². The Morgan fingerprint density at radius 1 is 1.07 bits per heavy atom. The number of nitrogens with zero attached hydrogens (tertiary/aromatic N) is 1. The molecule has 1 fully saturated rings. The standard InChI is InChI=1S/C17H16F2N2O5S2/c1-17(2)10-27(23,24)21(16(17)22)12-4-6-13(7-5-12)28(25,26)20-15-8-3-11(18)9-14(15)19/h3-9,20H,10H2,1-2H3. The van der Waals surface area contributed by atoms with Gasteiger partial charge in [-0.2, -0.15) is 0 Å². The number of carbonyl (C=O) groups is 1. The Bertz CT molecular complexity index is 1160. The maximum absolute atomic E-state index is 13.7. The third-order valence-corrected chi connectivity index (χ3v) is 7.54. The van der Waals surface area contributed by atoms with Crippen LogP contribution in [0.5, 0.6) is 0 Å². The first-order valence-corrected chi connectivity index (χ1v) is 11.1. The average Bonchev–Trinajstić information content (AvgIpc) is 2.73. The van der Waals surface area contributed by atoms with Crippen LogP contribution in [0.3, 0.4) is 0 Å². The van der Waals surface area contributed by atoms with Gasteiger partial charge >= 0.3 is 0 Å². The highest BCUT2D eigenvalue weighted by Crippen LogP contribution is 2.36. The number of rotatable bonds is 4. The summed E-state index contributed by atoms with van der Waals surface area (Å²) in [5.41, 5.74) is -1.53. The lowest BCUT2D eigenvalue weighted by Crippen LogP contribution is -2.32. The van der Waals surface area contributed by atoms with E-state index in [4.69, 9.17) is 0 Å². The van der Waals surface area contributed by atoms with Crippen molar-refractivity contribution in [3.05, 3.63) is 54.1 Å². The van der Waals surface area contributed by atoms with Gasteiger partial charge in [0.25, 0.3) is 10.0 Å². The minimum Gasteiger partial charge on any atom is -0.277 e. The number of sulfonamides is 2. The molecule has 0 bridgehead atoms. The van der Waals surface area contributed by atoms with Gasteiger partial charge in [-0.3, -0.25) is 9.52 Å². The number of benzene rings is 2. The normalized spacial score (nSPS) is 18.3. The molecular formula is C17H16F2N2O5S2. The molecule has 0 unspecified atom stereocenters. The molecular weight excluding hydrogens is 414 g/mol. The molecule has 1 N–H and O–H groups in total. The quantitative estimate of drug-likeness (QED) is 0.803. The van der Waals surface area contributed by atoms with Crippen molar-refractivity contribution >= 4 is 37.3 Å². The van der Waals surface area contributed by atoms with E-state index in [2.05, 4.69) is 0 Å². The van der Waals surface area contributed by atoms with Gasteiger partial charge in [0.2, 0.25) is 15.9 Å². The molecule has 1 heterocycles. The Kier molecular flexibility index (Phi) is 4.71. The molecule has 0 aromatic heterocycles. The minimum atomic E-state index is -4.22. The lowest BCUT2D eigenvalue weighted by Gasteiger charge is -2.17. The second kappa shape index (κ2) is 6.52. The molecule has 7 nitrogen and oxygen atoms in total. The summed E-state index contributed by atoms with van der Waals surface area (Å²) in [6.07, 6.45) is 0. The average molecular weight is 430 g/mol. The lowest BCUT2D eigenvalue weighted by molar-refractivity contribution is -0.123. The van der Waals surface area contributed by atoms with Crippen LogP contribution >= 0.6 is 0 Å². The summed E-state index contributed by atoms with van der Waals surface area (Å²) in [5, 5.41) is 0. The predicted octanol–water partition coefficient (Wildman–Crippen LogP) is 2.47. The predicted molar refractivity (Wildman–Crippen MR) is 98.7 cm³/mol. The summed E-state index contributed by atoms with van der Waals surface area (Å²) >= 11 is 0. The van der Waals surface area contributed by atoms with Crippen molar-refractivity contribution in [2.75, 3.05) is 14.8 Å². The van der Waals surface area contributed by atoms with Crippen LogP contribution in [0.15, 0.2) is 47.4 Å². The zero-order chi connectivity index (χ0) is 20.9. The largest absolute Gasteiger partial charge is 0.277 e. The van der Waals surface area contributed by atoms with E-state index >= 15 is 0 Å². The van der Waals surface area contributed by atoms with Gasteiger partial charge in [-0.15, -0.1) is 0 Å². The number of nitrogens with one attached hydrogen (secondary N) is 1. The molecule has 0 saturated carbocycles. The second-order valence-electron chi connectivity index (χ2n) is 6.93. The number of hydrogen-bond acceptors (Lipinski definition) is 5. The number of amides is 1. The van der Waals surface area contributed by atoms with E-state index in [-0.39, 0.29) is 16.3 Å². The van der Waals surface area contributed by atoms with Crippen molar-refractivity contribution < 1.29 is 30.4 Å². The highest BCUT2D eigenvalue weighted by atomic mass is 32.2. The Hall–Kier alpha value is -2.53. The first-order chi connectivity index (χ1) is 12.8. The fourth-order valence-electron chi connectivity index (χ4n) is 2.80. The van der Waals surface area contributed by atoms with Gasteiger partial charge in [-0.1, -0.05) is 0 Å². The fourth-order valence-corrected chi connectivity index (χ4v) is 5.97. The number of anilines is 2. The second-order valence-corrected chi connectivity index (χ2v) is 10.4. The molecule has 2 aromatic rings. The van der Waals surface area contributed by atoms with Crippen LogP contribution in [-0.4, -0.2) is 28.5 Å². The maximum Gasteiger partial charge on any atom is 0.261 e. The number of hydrogen-bond donors (Lipinski definition) is 1. The van der Waals surface area contributed by atoms with Crippen molar-refractivity contribution in [3.8, 4) is 0 Å². The van der Waals surface area contributed by atoms with Crippen molar-refractivity contribution in [3.63, 3.8) is 0 Å². The lowest BCUT2D eigenvalue weighted by atomic mass is 9.95. The molecule has 28 heavy (non-hydrogen) atoms. The third kappa shape index (κ3) is 3.59. The van der Waals surface area contributed by atoms with Gasteiger partial charge in [0.1, 0.15) is 11.6 Å². The Morgan fingerprint density at radius 2 is 1.68 bits per heavy atom. The Balaban J connectivity index is 1.91. The van der Waals surface area contributed by atoms with Gasteiger partial charge in [-0.25, -0.2) is 29.9 Å². The van der Waals surface area contributed by atoms with Crippen molar-refractivity contribution in [1.82, 2.24) is 0 Å². The van der Waals surface area contributed by atoms with E-state index in [1.807, 2.05) is 4.72 Å². The van der Waals surface area contributed by atoms with E-state index in [9.17, 15) is 30.4 Å². The number of halogens is 2. The molecule has 1 saturated heterocycles. The van der Waals surface area contributed by atoms with Gasteiger partial charge < -0.3 is 0 Å². The Morgan fingerprint density at radius 3 is 2.18 bits per heavy atom. The third-order valence-electron chi connectivity index (χ3n) is 4.14. The number of carbonyl (C=O) groups excluding carboxylic acids is 1. The molecule has 11 heteroatoms. The zero-order valence-corrected chi connectivity index (χ0v) is 16.4. The van der Waals surface area contributed by atoms with Crippen LogP contribution in [0, 0.1) is 17.0 Å². The van der Waals surface area contributed by atoms with Gasteiger partial charge in [0.05, 0.1) is 27.4 Å². The topological polar surface area (TPSA) is 101 Å². The molecule has 1 amide bonds. The van der Waals surface area contributed by atoms with E-state index in [1.165, 1.54) is 26.0 Å². The summed E-state index contributed by atoms with van der Waals surface area (Å²) in [4.78, 5) is 12.1. The van der Waals surface area contributed by atoms with Crippen LogP contribution in [0.1, 0.15) is 13.8 Å². The first-order valence-electron chi connectivity index (χ1n) is 7.99. The minimum absolute atomic E-state index is 0.00230.